The van der Waals surface area contributed by atoms with Gasteiger partial charge in [-0.05, 0) is 49.6 Å². The molecule has 1 aliphatic rings. The molecule has 1 N–H and O–H groups in total. The van der Waals surface area contributed by atoms with Gasteiger partial charge in [-0.15, -0.1) is 0 Å². The molecule has 1 amide bonds. The summed E-state index contributed by atoms with van der Waals surface area (Å²) in [5, 5.41) is 7.61. The highest BCUT2D eigenvalue weighted by Gasteiger charge is 2.16. The maximum atomic E-state index is 12.3. The van der Waals surface area contributed by atoms with Crippen molar-refractivity contribution in [2.24, 2.45) is 0 Å². The topological polar surface area (TPSA) is 84.1 Å². The monoisotopic (exact) mass is 425 g/mol. The molecule has 1 aliphatic heterocycles. The fraction of sp³-hybridized carbons (Fsp3) is 0.364. The van der Waals surface area contributed by atoms with Crippen LogP contribution in [0.2, 0.25) is 5.02 Å². The molecule has 7 nitrogen and oxygen atoms in total. The van der Waals surface area contributed by atoms with E-state index in [4.69, 9.17) is 16.1 Å². The lowest BCUT2D eigenvalue weighted by Crippen LogP contribution is -2.32. The molecule has 0 unspecified atom stereocenters. The molecule has 30 heavy (non-hydrogen) atoms. The first-order chi connectivity index (χ1) is 14.7. The number of hydrogen-bond donors (Lipinski definition) is 1. The summed E-state index contributed by atoms with van der Waals surface area (Å²) in [5.41, 5.74) is 1.86. The summed E-state index contributed by atoms with van der Waals surface area (Å²) in [5.74, 6) is 1.84. The van der Waals surface area contributed by atoms with E-state index in [1.807, 2.05) is 30.5 Å². The van der Waals surface area contributed by atoms with Gasteiger partial charge in [0.2, 0.25) is 17.6 Å². The van der Waals surface area contributed by atoms with Crippen LogP contribution in [0, 0.1) is 0 Å². The van der Waals surface area contributed by atoms with Gasteiger partial charge in [0, 0.05) is 54.8 Å². The highest BCUT2D eigenvalue weighted by atomic mass is 35.5. The summed E-state index contributed by atoms with van der Waals surface area (Å²) in [6.07, 6.45) is 6.11. The summed E-state index contributed by atoms with van der Waals surface area (Å²) in [6, 6.07) is 11.1. The van der Waals surface area contributed by atoms with Crippen LogP contribution < -0.4 is 10.2 Å². The van der Waals surface area contributed by atoms with Crippen molar-refractivity contribution in [2.75, 3.05) is 18.0 Å². The van der Waals surface area contributed by atoms with E-state index in [1.165, 1.54) is 19.3 Å². The molecule has 3 aromatic rings. The van der Waals surface area contributed by atoms with Gasteiger partial charge in [0.25, 0.3) is 0 Å². The normalized spacial score (nSPS) is 14.0. The number of anilines is 1. The minimum Gasteiger partial charge on any atom is -0.356 e. The Morgan fingerprint density at radius 1 is 1.13 bits per heavy atom. The van der Waals surface area contributed by atoms with Crippen molar-refractivity contribution in [1.29, 1.82) is 0 Å². The van der Waals surface area contributed by atoms with Crippen LogP contribution in [0.3, 0.4) is 0 Å². The fourth-order valence-corrected chi connectivity index (χ4v) is 3.66. The Morgan fingerprint density at radius 3 is 2.73 bits per heavy atom. The van der Waals surface area contributed by atoms with Crippen molar-refractivity contribution >= 4 is 23.3 Å². The second kappa shape index (κ2) is 9.71. The number of rotatable bonds is 7. The van der Waals surface area contributed by atoms with Crippen LogP contribution in [-0.2, 0) is 17.8 Å². The standard InChI is InChI=1S/C22H24ClN5O2/c23-18-8-6-16(7-9-18)21-26-20(30-27-21)11-10-19(29)25-15-17-5-4-12-24-22(17)28-13-2-1-3-14-28/h4-9,12H,1-3,10-11,13-15H2,(H,25,29). The van der Waals surface area contributed by atoms with E-state index in [9.17, 15) is 4.79 Å². The van der Waals surface area contributed by atoms with E-state index in [0.29, 0.717) is 29.7 Å². The van der Waals surface area contributed by atoms with E-state index in [1.54, 1.807) is 12.1 Å². The van der Waals surface area contributed by atoms with Crippen LogP contribution >= 0.6 is 11.6 Å². The van der Waals surface area contributed by atoms with E-state index in [-0.39, 0.29) is 12.3 Å². The van der Waals surface area contributed by atoms with Gasteiger partial charge in [-0.25, -0.2) is 4.98 Å². The zero-order chi connectivity index (χ0) is 20.8. The van der Waals surface area contributed by atoms with Gasteiger partial charge >= 0.3 is 0 Å². The minimum atomic E-state index is -0.0605. The Balaban J connectivity index is 1.29. The van der Waals surface area contributed by atoms with Crippen molar-refractivity contribution in [3.8, 4) is 11.4 Å². The second-order valence-electron chi connectivity index (χ2n) is 7.33. The highest BCUT2D eigenvalue weighted by Crippen LogP contribution is 2.22. The number of nitrogens with one attached hydrogen (secondary N) is 1. The predicted octanol–water partition coefficient (Wildman–Crippen LogP) is 4.02. The molecule has 0 spiro atoms. The number of aromatic nitrogens is 3. The average Bonchev–Trinajstić information content (AvgIpc) is 3.27. The van der Waals surface area contributed by atoms with E-state index in [0.717, 1.165) is 30.0 Å². The van der Waals surface area contributed by atoms with Crippen LogP contribution in [0.5, 0.6) is 0 Å². The van der Waals surface area contributed by atoms with Gasteiger partial charge in [0.1, 0.15) is 5.82 Å². The first kappa shape index (κ1) is 20.3. The minimum absolute atomic E-state index is 0.0605. The third kappa shape index (κ3) is 5.16. The maximum absolute atomic E-state index is 12.3. The van der Waals surface area contributed by atoms with Gasteiger partial charge in [0.05, 0.1) is 0 Å². The molecule has 0 radical (unpaired) electrons. The molecule has 1 fully saturated rings. The lowest BCUT2D eigenvalue weighted by atomic mass is 10.1. The van der Waals surface area contributed by atoms with Crippen molar-refractivity contribution in [2.45, 2.75) is 38.6 Å². The predicted molar refractivity (Wildman–Crippen MR) is 115 cm³/mol. The van der Waals surface area contributed by atoms with Crippen LogP contribution in [-0.4, -0.2) is 34.1 Å². The average molecular weight is 426 g/mol. The molecule has 156 valence electrons. The summed E-state index contributed by atoms with van der Waals surface area (Å²) in [6.45, 7) is 2.49. The molecule has 1 saturated heterocycles. The third-order valence-electron chi connectivity index (χ3n) is 5.14. The Bertz CT molecular complexity index is 983. The zero-order valence-corrected chi connectivity index (χ0v) is 17.4. The number of halogens is 1. The number of hydrogen-bond acceptors (Lipinski definition) is 6. The molecule has 3 heterocycles. The van der Waals surface area contributed by atoms with E-state index >= 15 is 0 Å². The molecular formula is C22H24ClN5O2. The fourth-order valence-electron chi connectivity index (χ4n) is 3.53. The van der Waals surface area contributed by atoms with Gasteiger partial charge < -0.3 is 14.7 Å². The highest BCUT2D eigenvalue weighted by molar-refractivity contribution is 6.30. The quantitative estimate of drug-likeness (QED) is 0.615. The van der Waals surface area contributed by atoms with Crippen LogP contribution in [0.1, 0.15) is 37.1 Å². The molecule has 0 aliphatic carbocycles. The summed E-state index contributed by atoms with van der Waals surface area (Å²) >= 11 is 5.90. The maximum Gasteiger partial charge on any atom is 0.227 e. The van der Waals surface area contributed by atoms with Gasteiger partial charge in [0.15, 0.2) is 0 Å². The van der Waals surface area contributed by atoms with Gasteiger partial charge in [-0.1, -0.05) is 22.8 Å². The first-order valence-corrected chi connectivity index (χ1v) is 10.6. The van der Waals surface area contributed by atoms with Crippen LogP contribution in [0.25, 0.3) is 11.4 Å². The number of carbonyl (C=O) groups is 1. The Morgan fingerprint density at radius 2 is 1.93 bits per heavy atom. The van der Waals surface area contributed by atoms with Crippen molar-refractivity contribution in [3.05, 3.63) is 59.1 Å². The number of aryl methyl sites for hydroxylation is 1. The first-order valence-electron chi connectivity index (χ1n) is 10.2. The molecule has 0 bridgehead atoms. The molecular weight excluding hydrogens is 402 g/mol. The summed E-state index contributed by atoms with van der Waals surface area (Å²) in [7, 11) is 0. The van der Waals surface area contributed by atoms with Gasteiger partial charge in [-0.2, -0.15) is 4.98 Å². The van der Waals surface area contributed by atoms with Gasteiger partial charge in [-0.3, -0.25) is 4.79 Å². The molecule has 0 atom stereocenters. The summed E-state index contributed by atoms with van der Waals surface area (Å²) in [4.78, 5) is 23.6. The zero-order valence-electron chi connectivity index (χ0n) is 16.7. The van der Waals surface area contributed by atoms with E-state index < -0.39 is 0 Å². The number of piperidine rings is 1. The smallest absolute Gasteiger partial charge is 0.227 e. The molecule has 4 rings (SSSR count). The lowest BCUT2D eigenvalue weighted by Gasteiger charge is -2.29. The number of carbonyl (C=O) groups excluding carboxylic acids is 1. The van der Waals surface area contributed by atoms with Crippen molar-refractivity contribution in [1.82, 2.24) is 20.4 Å². The molecule has 0 saturated carbocycles. The molecule has 8 heteroatoms. The number of benzene rings is 1. The van der Waals surface area contributed by atoms with Crippen LogP contribution in [0.15, 0.2) is 47.1 Å². The Hall–Kier alpha value is -2.93. The van der Waals surface area contributed by atoms with Crippen LogP contribution in [0.4, 0.5) is 5.82 Å². The SMILES string of the molecule is O=C(CCc1nc(-c2ccc(Cl)cc2)no1)NCc1cccnc1N1CCCCC1. The third-order valence-corrected chi connectivity index (χ3v) is 5.39. The molecule has 2 aromatic heterocycles. The number of amides is 1. The lowest BCUT2D eigenvalue weighted by molar-refractivity contribution is -0.121. The van der Waals surface area contributed by atoms with Crippen molar-refractivity contribution in [3.63, 3.8) is 0 Å². The largest absolute Gasteiger partial charge is 0.356 e. The molecule has 1 aromatic carbocycles. The van der Waals surface area contributed by atoms with Crippen molar-refractivity contribution < 1.29 is 9.32 Å². The summed E-state index contributed by atoms with van der Waals surface area (Å²) < 4.78 is 5.27. The Kier molecular flexibility index (Phi) is 6.59. The number of pyridine rings is 1. The second-order valence-corrected chi connectivity index (χ2v) is 7.77. The Labute approximate surface area is 180 Å². The number of nitrogens with zero attached hydrogens (tertiary/aromatic N) is 4. The van der Waals surface area contributed by atoms with E-state index in [2.05, 4.69) is 25.3 Å².